The number of rotatable bonds is 4. The molecular formula is C17H22N4O6S. The third-order valence-corrected chi connectivity index (χ3v) is 4.70. The molecule has 1 aromatic carbocycles. The van der Waals surface area contributed by atoms with Crippen LogP contribution < -0.4 is 16.2 Å². The molecule has 0 spiro atoms. The van der Waals surface area contributed by atoms with Crippen LogP contribution in [0.1, 0.15) is 0 Å². The van der Waals surface area contributed by atoms with Crippen LogP contribution >= 0.6 is 12.2 Å². The number of amides is 1. The maximum absolute atomic E-state index is 12.1. The lowest BCUT2D eigenvalue weighted by Crippen LogP contribution is -2.64. The highest BCUT2D eigenvalue weighted by Crippen LogP contribution is 2.19. The molecule has 7 N–H and O–H groups in total. The van der Waals surface area contributed by atoms with Gasteiger partial charge in [0.15, 0.2) is 11.3 Å². The third kappa shape index (κ3) is 4.41. The van der Waals surface area contributed by atoms with Crippen molar-refractivity contribution in [1.82, 2.24) is 20.7 Å². The Labute approximate surface area is 165 Å². The summed E-state index contributed by atoms with van der Waals surface area (Å²) in [5, 5.41) is 42.2. The molecule has 1 fully saturated rings. The summed E-state index contributed by atoms with van der Waals surface area (Å²) in [6, 6.07) is 9.55. The molecular weight excluding hydrogens is 388 g/mol. The number of carbonyl (C=O) groups excluding carboxylic acids is 1. The number of aromatic nitrogens is 1. The van der Waals surface area contributed by atoms with E-state index in [1.54, 1.807) is 10.8 Å². The monoisotopic (exact) mass is 410 g/mol. The van der Waals surface area contributed by atoms with Crippen molar-refractivity contribution in [1.29, 1.82) is 0 Å². The summed E-state index contributed by atoms with van der Waals surface area (Å²) in [4.78, 5) is 12.1. The first-order chi connectivity index (χ1) is 13.4. The van der Waals surface area contributed by atoms with Crippen LogP contribution in [0.4, 0.5) is 0 Å². The fraction of sp³-hybridized carbons (Fsp3) is 0.412. The minimum atomic E-state index is -1.53. The number of para-hydroxylation sites is 1. The van der Waals surface area contributed by atoms with Crippen molar-refractivity contribution in [2.24, 2.45) is 0 Å². The molecule has 10 nitrogen and oxygen atoms in total. The zero-order valence-corrected chi connectivity index (χ0v) is 15.5. The number of hydrogen-bond donors (Lipinski definition) is 7. The van der Waals surface area contributed by atoms with Crippen LogP contribution in [0.15, 0.2) is 36.5 Å². The highest BCUT2D eigenvalue weighted by atomic mass is 32.1. The quantitative estimate of drug-likeness (QED) is 0.223. The SMILES string of the molecule is O=C(Cn1ccc2ccccc21)NNC(=S)NC1OC(CO)C(O)C(O)C1O. The van der Waals surface area contributed by atoms with E-state index < -0.39 is 37.3 Å². The Morgan fingerprint density at radius 2 is 1.86 bits per heavy atom. The van der Waals surface area contributed by atoms with Gasteiger partial charge in [-0.2, -0.15) is 0 Å². The maximum atomic E-state index is 12.1. The van der Waals surface area contributed by atoms with Gasteiger partial charge in [0.1, 0.15) is 31.0 Å². The zero-order valence-electron chi connectivity index (χ0n) is 14.7. The maximum Gasteiger partial charge on any atom is 0.258 e. The molecule has 1 aliphatic heterocycles. The smallest absolute Gasteiger partial charge is 0.258 e. The van der Waals surface area contributed by atoms with Crippen LogP contribution in [-0.4, -0.2) is 73.3 Å². The fourth-order valence-corrected chi connectivity index (χ4v) is 3.15. The molecule has 28 heavy (non-hydrogen) atoms. The second-order valence-electron chi connectivity index (χ2n) is 6.40. The number of aliphatic hydroxyl groups is 4. The number of thiocarbonyl (C=S) groups is 1. The van der Waals surface area contributed by atoms with Crippen molar-refractivity contribution in [3.05, 3.63) is 36.5 Å². The van der Waals surface area contributed by atoms with E-state index in [0.717, 1.165) is 10.9 Å². The van der Waals surface area contributed by atoms with Gasteiger partial charge in [0, 0.05) is 11.7 Å². The Balaban J connectivity index is 1.50. The Hall–Kier alpha value is -2.28. The van der Waals surface area contributed by atoms with Crippen LogP contribution in [0.5, 0.6) is 0 Å². The Kier molecular flexibility index (Phi) is 6.44. The van der Waals surface area contributed by atoms with Crippen LogP contribution in [-0.2, 0) is 16.1 Å². The molecule has 0 saturated carbocycles. The van der Waals surface area contributed by atoms with Crippen molar-refractivity contribution >= 4 is 34.1 Å². The average molecular weight is 410 g/mol. The molecule has 5 unspecified atom stereocenters. The highest BCUT2D eigenvalue weighted by Gasteiger charge is 2.43. The molecule has 11 heteroatoms. The van der Waals surface area contributed by atoms with E-state index >= 15 is 0 Å². The molecule has 0 bridgehead atoms. The lowest BCUT2D eigenvalue weighted by atomic mass is 9.98. The normalized spacial score (nSPS) is 27.4. The van der Waals surface area contributed by atoms with E-state index in [2.05, 4.69) is 16.2 Å². The first-order valence-electron chi connectivity index (χ1n) is 8.60. The zero-order chi connectivity index (χ0) is 20.3. The van der Waals surface area contributed by atoms with Gasteiger partial charge in [-0.15, -0.1) is 0 Å². The van der Waals surface area contributed by atoms with Crippen molar-refractivity contribution < 1.29 is 30.0 Å². The van der Waals surface area contributed by atoms with Gasteiger partial charge in [-0.1, -0.05) is 18.2 Å². The van der Waals surface area contributed by atoms with Gasteiger partial charge in [0.25, 0.3) is 5.91 Å². The van der Waals surface area contributed by atoms with Crippen molar-refractivity contribution in [2.75, 3.05) is 6.61 Å². The van der Waals surface area contributed by atoms with Crippen LogP contribution in [0.2, 0.25) is 0 Å². The minimum absolute atomic E-state index is 0.0587. The minimum Gasteiger partial charge on any atom is -0.394 e. The lowest BCUT2D eigenvalue weighted by molar-refractivity contribution is -0.232. The molecule has 3 rings (SSSR count). The Morgan fingerprint density at radius 3 is 2.61 bits per heavy atom. The number of hydrogen-bond acceptors (Lipinski definition) is 7. The van der Waals surface area contributed by atoms with Crippen molar-refractivity contribution in [3.63, 3.8) is 0 Å². The first kappa shape index (κ1) is 20.5. The van der Waals surface area contributed by atoms with Gasteiger partial charge in [-0.05, 0) is 29.7 Å². The van der Waals surface area contributed by atoms with Gasteiger partial charge >= 0.3 is 0 Å². The summed E-state index contributed by atoms with van der Waals surface area (Å²) in [5.41, 5.74) is 5.82. The molecule has 5 atom stereocenters. The molecule has 1 aromatic heterocycles. The summed E-state index contributed by atoms with van der Waals surface area (Å²) in [5.74, 6) is -0.362. The topological polar surface area (TPSA) is 148 Å². The summed E-state index contributed by atoms with van der Waals surface area (Å²) in [6.45, 7) is -0.492. The van der Waals surface area contributed by atoms with Crippen LogP contribution in [0.25, 0.3) is 10.9 Å². The number of nitrogens with zero attached hydrogens (tertiary/aromatic N) is 1. The van der Waals surface area contributed by atoms with Crippen molar-refractivity contribution in [2.45, 2.75) is 37.2 Å². The van der Waals surface area contributed by atoms with Gasteiger partial charge in [-0.3, -0.25) is 15.6 Å². The lowest BCUT2D eigenvalue weighted by Gasteiger charge is -2.40. The largest absolute Gasteiger partial charge is 0.394 e. The van der Waals surface area contributed by atoms with E-state index in [1.165, 1.54) is 0 Å². The fourth-order valence-electron chi connectivity index (χ4n) is 2.99. The number of hydrazine groups is 1. The summed E-state index contributed by atoms with van der Waals surface area (Å²) >= 11 is 5.03. The van der Waals surface area contributed by atoms with E-state index in [1.807, 2.05) is 30.3 Å². The number of aliphatic hydroxyl groups excluding tert-OH is 4. The summed E-state index contributed by atoms with van der Waals surface area (Å²) in [7, 11) is 0. The molecule has 1 saturated heterocycles. The number of ether oxygens (including phenoxy) is 1. The number of benzene rings is 1. The molecule has 1 amide bonds. The number of carbonyl (C=O) groups is 1. The van der Waals surface area contributed by atoms with Crippen LogP contribution in [0.3, 0.4) is 0 Å². The average Bonchev–Trinajstić information content (AvgIpc) is 3.09. The summed E-state index contributed by atoms with van der Waals surface area (Å²) in [6.07, 6.45) is -4.91. The van der Waals surface area contributed by atoms with Crippen LogP contribution in [0, 0.1) is 0 Å². The van der Waals surface area contributed by atoms with E-state index in [-0.39, 0.29) is 17.6 Å². The second-order valence-corrected chi connectivity index (χ2v) is 6.81. The van der Waals surface area contributed by atoms with Crippen molar-refractivity contribution in [3.8, 4) is 0 Å². The van der Waals surface area contributed by atoms with Gasteiger partial charge in [0.2, 0.25) is 0 Å². The van der Waals surface area contributed by atoms with Gasteiger partial charge in [-0.25, -0.2) is 0 Å². The second kappa shape index (κ2) is 8.82. The predicted molar refractivity (Wildman–Crippen MR) is 103 cm³/mol. The summed E-state index contributed by atoms with van der Waals surface area (Å²) < 4.78 is 7.05. The molecule has 0 radical (unpaired) electrons. The van der Waals surface area contributed by atoms with Gasteiger partial charge < -0.3 is 35.0 Å². The molecule has 2 heterocycles. The molecule has 1 aliphatic rings. The van der Waals surface area contributed by atoms with E-state index in [0.29, 0.717) is 0 Å². The molecule has 0 aliphatic carbocycles. The van der Waals surface area contributed by atoms with E-state index in [9.17, 15) is 25.2 Å². The Morgan fingerprint density at radius 1 is 1.11 bits per heavy atom. The molecule has 2 aromatic rings. The number of nitrogens with one attached hydrogen (secondary N) is 3. The first-order valence-corrected chi connectivity index (χ1v) is 9.01. The highest BCUT2D eigenvalue weighted by molar-refractivity contribution is 7.80. The third-order valence-electron chi connectivity index (χ3n) is 4.48. The Bertz CT molecular complexity index is 844. The van der Waals surface area contributed by atoms with E-state index in [4.69, 9.17) is 17.0 Å². The van der Waals surface area contributed by atoms with Gasteiger partial charge in [0.05, 0.1) is 6.61 Å². The predicted octanol–water partition coefficient (Wildman–Crippen LogP) is -2.06. The standard InChI is InChI=1S/C17H22N4O6S/c22-8-11-13(24)14(25)15(26)16(27-11)18-17(28)20-19-12(23)7-21-6-5-9-3-1-2-4-10(9)21/h1-6,11,13-16,22,24-26H,7-8H2,(H,19,23)(H2,18,20,28). The number of fused-ring (bicyclic) bond motifs is 1. The molecule has 152 valence electrons.